The van der Waals surface area contributed by atoms with E-state index < -0.39 is 12.0 Å². The average Bonchev–Trinajstić information content (AvgIpc) is 3.08. The highest BCUT2D eigenvalue weighted by Crippen LogP contribution is 2.26. The highest BCUT2D eigenvalue weighted by Gasteiger charge is 2.43. The Bertz CT molecular complexity index is 496. The molecule has 0 spiro atoms. The van der Waals surface area contributed by atoms with Crippen molar-refractivity contribution < 1.29 is 13.6 Å². The van der Waals surface area contributed by atoms with Crippen LogP contribution in [-0.4, -0.2) is 60.4 Å². The van der Waals surface area contributed by atoms with Crippen LogP contribution < -0.4 is 5.32 Å². The van der Waals surface area contributed by atoms with Crippen molar-refractivity contribution in [2.24, 2.45) is 0 Å². The molecule has 1 amide bonds. The summed E-state index contributed by atoms with van der Waals surface area (Å²) in [5.74, 6) is -2.93. The molecule has 2 aliphatic rings. The molecule has 9 heteroatoms. The van der Waals surface area contributed by atoms with Gasteiger partial charge in [-0.15, -0.1) is 36.2 Å². The Morgan fingerprint density at radius 3 is 2.52 bits per heavy atom. The van der Waals surface area contributed by atoms with E-state index in [0.717, 1.165) is 19.6 Å². The first-order valence-corrected chi connectivity index (χ1v) is 8.06. The maximum atomic E-state index is 13.2. The molecule has 1 unspecified atom stereocenters. The number of halogens is 4. The SMILES string of the molecule is Cl.Cl.O=C(C1CC(F)(F)CN1)N1CCN(Cc2cccs2)CC1. The van der Waals surface area contributed by atoms with Crippen molar-refractivity contribution in [2.75, 3.05) is 32.7 Å². The monoisotopic (exact) mass is 387 g/mol. The zero-order chi connectivity index (χ0) is 14.9. The second kappa shape index (κ2) is 8.58. The molecule has 1 aromatic heterocycles. The number of hydrogen-bond donors (Lipinski definition) is 1. The summed E-state index contributed by atoms with van der Waals surface area (Å²) < 4.78 is 26.3. The molecule has 2 aliphatic heterocycles. The van der Waals surface area contributed by atoms with Crippen molar-refractivity contribution in [2.45, 2.75) is 24.9 Å². The van der Waals surface area contributed by atoms with Gasteiger partial charge in [0.15, 0.2) is 0 Å². The number of alkyl halides is 2. The molecule has 0 aromatic carbocycles. The zero-order valence-corrected chi connectivity index (χ0v) is 15.0. The van der Waals surface area contributed by atoms with Gasteiger partial charge >= 0.3 is 0 Å². The number of nitrogens with zero attached hydrogens (tertiary/aromatic N) is 2. The molecule has 2 fully saturated rings. The quantitative estimate of drug-likeness (QED) is 0.863. The highest BCUT2D eigenvalue weighted by atomic mass is 35.5. The standard InChI is InChI=1S/C14H19F2N3OS.2ClH/c15-14(16)8-12(17-10-14)13(20)19-5-3-18(4-6-19)9-11-2-1-7-21-11;;/h1-2,7,12,17H,3-6,8-10H2;2*1H. The summed E-state index contributed by atoms with van der Waals surface area (Å²) in [7, 11) is 0. The van der Waals surface area contributed by atoms with Gasteiger partial charge in [-0.1, -0.05) is 6.07 Å². The average molecular weight is 388 g/mol. The van der Waals surface area contributed by atoms with Gasteiger partial charge in [-0.05, 0) is 11.4 Å². The van der Waals surface area contributed by atoms with Gasteiger partial charge in [0, 0.05) is 44.0 Å². The lowest BCUT2D eigenvalue weighted by atomic mass is 10.1. The van der Waals surface area contributed by atoms with Gasteiger partial charge < -0.3 is 4.90 Å². The predicted octanol–water partition coefficient (Wildman–Crippen LogP) is 2.23. The van der Waals surface area contributed by atoms with Crippen LogP contribution in [0.2, 0.25) is 0 Å². The van der Waals surface area contributed by atoms with E-state index in [1.54, 1.807) is 16.2 Å². The van der Waals surface area contributed by atoms with Crippen molar-refractivity contribution in [3.05, 3.63) is 22.4 Å². The molecule has 3 rings (SSSR count). The van der Waals surface area contributed by atoms with Crippen LogP contribution in [0.1, 0.15) is 11.3 Å². The second-order valence-corrected chi connectivity index (χ2v) is 6.71. The molecule has 2 saturated heterocycles. The van der Waals surface area contributed by atoms with E-state index in [1.807, 2.05) is 6.07 Å². The Kier molecular flexibility index (Phi) is 7.67. The van der Waals surface area contributed by atoms with Crippen LogP contribution in [0.3, 0.4) is 0 Å². The number of nitrogens with one attached hydrogen (secondary N) is 1. The maximum Gasteiger partial charge on any atom is 0.262 e. The van der Waals surface area contributed by atoms with E-state index in [2.05, 4.69) is 21.7 Å². The second-order valence-electron chi connectivity index (χ2n) is 5.67. The summed E-state index contributed by atoms with van der Waals surface area (Å²) in [6, 6.07) is 3.42. The lowest BCUT2D eigenvalue weighted by molar-refractivity contribution is -0.135. The largest absolute Gasteiger partial charge is 0.339 e. The van der Waals surface area contributed by atoms with Crippen molar-refractivity contribution in [3.63, 3.8) is 0 Å². The highest BCUT2D eigenvalue weighted by molar-refractivity contribution is 7.09. The lowest BCUT2D eigenvalue weighted by Crippen LogP contribution is -2.52. The Balaban J connectivity index is 0.00000132. The van der Waals surface area contributed by atoms with E-state index in [-0.39, 0.29) is 43.7 Å². The number of thiophene rings is 1. The molecule has 1 atom stereocenters. The van der Waals surface area contributed by atoms with E-state index >= 15 is 0 Å². The van der Waals surface area contributed by atoms with E-state index in [1.165, 1.54) is 4.88 Å². The fraction of sp³-hybridized carbons (Fsp3) is 0.643. The van der Waals surface area contributed by atoms with Gasteiger partial charge in [-0.2, -0.15) is 0 Å². The van der Waals surface area contributed by atoms with E-state index in [4.69, 9.17) is 0 Å². The fourth-order valence-corrected chi connectivity index (χ4v) is 3.61. The van der Waals surface area contributed by atoms with Crippen LogP contribution in [-0.2, 0) is 11.3 Å². The number of hydrogen-bond acceptors (Lipinski definition) is 4. The number of amides is 1. The third-order valence-electron chi connectivity index (χ3n) is 4.05. The molecular formula is C14H21Cl2F2N3OS. The predicted molar refractivity (Wildman–Crippen MR) is 92.0 cm³/mol. The molecule has 4 nitrogen and oxygen atoms in total. The maximum absolute atomic E-state index is 13.2. The van der Waals surface area contributed by atoms with Gasteiger partial charge in [0.2, 0.25) is 5.91 Å². The van der Waals surface area contributed by atoms with Gasteiger partial charge in [0.25, 0.3) is 5.92 Å². The molecule has 1 aromatic rings. The van der Waals surface area contributed by atoms with Crippen LogP contribution in [0, 0.1) is 0 Å². The first kappa shape index (κ1) is 20.6. The normalized spacial score (nSPS) is 23.9. The summed E-state index contributed by atoms with van der Waals surface area (Å²) in [6.07, 6.45) is -0.374. The summed E-state index contributed by atoms with van der Waals surface area (Å²) >= 11 is 1.73. The summed E-state index contributed by atoms with van der Waals surface area (Å²) in [5.41, 5.74) is 0. The van der Waals surface area contributed by atoms with Crippen LogP contribution in [0.4, 0.5) is 8.78 Å². The minimum absolute atomic E-state index is 0. The van der Waals surface area contributed by atoms with Crippen molar-refractivity contribution in [3.8, 4) is 0 Å². The van der Waals surface area contributed by atoms with Crippen LogP contribution in [0.5, 0.6) is 0 Å². The number of carbonyl (C=O) groups is 1. The van der Waals surface area contributed by atoms with E-state index in [9.17, 15) is 13.6 Å². The van der Waals surface area contributed by atoms with Gasteiger partial charge in [0.1, 0.15) is 0 Å². The molecular weight excluding hydrogens is 367 g/mol. The van der Waals surface area contributed by atoms with Crippen molar-refractivity contribution in [1.82, 2.24) is 15.1 Å². The molecule has 3 heterocycles. The number of carbonyl (C=O) groups excluding carboxylic acids is 1. The molecule has 0 saturated carbocycles. The van der Waals surface area contributed by atoms with Crippen LogP contribution in [0.15, 0.2) is 17.5 Å². The Hall–Kier alpha value is -0.470. The summed E-state index contributed by atoms with van der Waals surface area (Å²) in [6.45, 7) is 3.35. The lowest BCUT2D eigenvalue weighted by Gasteiger charge is -2.35. The van der Waals surface area contributed by atoms with Crippen LogP contribution in [0.25, 0.3) is 0 Å². The molecule has 0 bridgehead atoms. The van der Waals surface area contributed by atoms with Gasteiger partial charge in [-0.3, -0.25) is 15.0 Å². The van der Waals surface area contributed by atoms with Gasteiger partial charge in [0.05, 0.1) is 12.6 Å². The first-order chi connectivity index (χ1) is 10.0. The minimum atomic E-state index is -2.75. The molecule has 0 aliphatic carbocycles. The fourth-order valence-electron chi connectivity index (χ4n) is 2.86. The Morgan fingerprint density at radius 1 is 1.30 bits per heavy atom. The topological polar surface area (TPSA) is 35.6 Å². The first-order valence-electron chi connectivity index (χ1n) is 7.18. The minimum Gasteiger partial charge on any atom is -0.339 e. The summed E-state index contributed by atoms with van der Waals surface area (Å²) in [5, 5.41) is 4.69. The Labute approximate surface area is 151 Å². The van der Waals surface area contributed by atoms with Crippen molar-refractivity contribution >= 4 is 42.1 Å². The smallest absolute Gasteiger partial charge is 0.262 e. The van der Waals surface area contributed by atoms with Crippen LogP contribution >= 0.6 is 36.2 Å². The molecule has 132 valence electrons. The molecule has 1 N–H and O–H groups in total. The summed E-state index contributed by atoms with van der Waals surface area (Å²) in [4.78, 5) is 17.5. The Morgan fingerprint density at radius 2 is 2.00 bits per heavy atom. The third-order valence-corrected chi connectivity index (χ3v) is 4.91. The molecule has 23 heavy (non-hydrogen) atoms. The van der Waals surface area contributed by atoms with Gasteiger partial charge in [-0.25, -0.2) is 8.78 Å². The number of piperazine rings is 1. The molecule has 0 radical (unpaired) electrons. The zero-order valence-electron chi connectivity index (χ0n) is 12.5. The van der Waals surface area contributed by atoms with E-state index in [0.29, 0.717) is 13.1 Å². The van der Waals surface area contributed by atoms with Crippen molar-refractivity contribution in [1.29, 1.82) is 0 Å². The third kappa shape index (κ3) is 5.26. The number of rotatable bonds is 3.